The number of hydrogen-bond donors (Lipinski definition) is 1. The summed E-state index contributed by atoms with van der Waals surface area (Å²) in [4.78, 5) is 17.0. The van der Waals surface area contributed by atoms with Crippen LogP contribution in [0.25, 0.3) is 0 Å². The third-order valence-electron chi connectivity index (χ3n) is 6.18. The van der Waals surface area contributed by atoms with Gasteiger partial charge in [0.05, 0.1) is 22.2 Å². The molecule has 0 aliphatic carbocycles. The number of sulfonamides is 1. The first-order valence-electron chi connectivity index (χ1n) is 12.1. The molecule has 1 aliphatic heterocycles. The first-order chi connectivity index (χ1) is 17.8. The van der Waals surface area contributed by atoms with Crippen LogP contribution in [0.2, 0.25) is 5.02 Å². The van der Waals surface area contributed by atoms with Gasteiger partial charge in [-0.05, 0) is 49.2 Å². The van der Waals surface area contributed by atoms with Gasteiger partial charge in [-0.3, -0.25) is 4.79 Å². The lowest BCUT2D eigenvalue weighted by Gasteiger charge is -2.37. The fourth-order valence-corrected chi connectivity index (χ4v) is 5.82. The monoisotopic (exact) mass is 545 g/mol. The van der Waals surface area contributed by atoms with Gasteiger partial charge in [0.15, 0.2) is 0 Å². The minimum Gasteiger partial charge on any atom is -0.492 e. The van der Waals surface area contributed by atoms with Gasteiger partial charge in [0, 0.05) is 26.2 Å². The van der Waals surface area contributed by atoms with Crippen LogP contribution >= 0.6 is 11.6 Å². The lowest BCUT2D eigenvalue weighted by Crippen LogP contribution is -2.55. The largest absolute Gasteiger partial charge is 0.492 e. The Hall–Kier alpha value is -3.14. The molecule has 37 heavy (non-hydrogen) atoms. The summed E-state index contributed by atoms with van der Waals surface area (Å²) in [5.41, 5.74) is 1.31. The first-order valence-corrected chi connectivity index (χ1v) is 13.9. The van der Waals surface area contributed by atoms with Crippen LogP contribution in [0.5, 0.6) is 5.75 Å². The number of halogens is 2. The Balaban J connectivity index is 1.52. The SMILES string of the molecule is CCOc1ccc(S(=O)(=O)N[C@@H](Cc2ccccc2)C(=O)N2CCN(c3ccccc3F)CC2)cc1Cl. The van der Waals surface area contributed by atoms with Crippen molar-refractivity contribution in [2.75, 3.05) is 37.7 Å². The minimum absolute atomic E-state index is 0.0591. The highest BCUT2D eigenvalue weighted by Crippen LogP contribution is 2.28. The van der Waals surface area contributed by atoms with Crippen molar-refractivity contribution in [2.24, 2.45) is 0 Å². The number of nitrogens with zero attached hydrogens (tertiary/aromatic N) is 2. The van der Waals surface area contributed by atoms with E-state index in [-0.39, 0.29) is 28.1 Å². The van der Waals surface area contributed by atoms with E-state index in [1.54, 1.807) is 30.0 Å². The maximum atomic E-state index is 14.2. The molecule has 1 aliphatic rings. The summed E-state index contributed by atoms with van der Waals surface area (Å²) >= 11 is 6.22. The number of nitrogens with one attached hydrogen (secondary N) is 1. The van der Waals surface area contributed by atoms with Crippen molar-refractivity contribution < 1.29 is 22.3 Å². The molecule has 0 radical (unpaired) electrons. The summed E-state index contributed by atoms with van der Waals surface area (Å²) in [7, 11) is -4.07. The fraction of sp³-hybridized carbons (Fsp3) is 0.296. The normalized spacial score (nSPS) is 14.9. The summed E-state index contributed by atoms with van der Waals surface area (Å²) in [6.45, 7) is 3.75. The highest BCUT2D eigenvalue weighted by molar-refractivity contribution is 7.89. The van der Waals surface area contributed by atoms with Crippen molar-refractivity contribution in [1.82, 2.24) is 9.62 Å². The van der Waals surface area contributed by atoms with Gasteiger partial charge >= 0.3 is 0 Å². The van der Waals surface area contributed by atoms with E-state index in [0.717, 1.165) is 5.56 Å². The smallest absolute Gasteiger partial charge is 0.241 e. The van der Waals surface area contributed by atoms with Crippen LogP contribution in [0.15, 0.2) is 77.7 Å². The fourth-order valence-electron chi connectivity index (χ4n) is 4.30. The van der Waals surface area contributed by atoms with Crippen LogP contribution in [-0.4, -0.2) is 58.1 Å². The molecule has 10 heteroatoms. The Morgan fingerprint density at radius 1 is 1.03 bits per heavy atom. The Labute approximate surface area is 221 Å². The van der Waals surface area contributed by atoms with Crippen molar-refractivity contribution in [3.63, 3.8) is 0 Å². The quantitative estimate of drug-likeness (QED) is 0.438. The van der Waals surface area contributed by atoms with E-state index in [4.69, 9.17) is 16.3 Å². The molecule has 0 spiro atoms. The predicted octanol–water partition coefficient (Wildman–Crippen LogP) is 4.12. The van der Waals surface area contributed by atoms with Crippen molar-refractivity contribution >= 4 is 33.2 Å². The topological polar surface area (TPSA) is 78.9 Å². The summed E-state index contributed by atoms with van der Waals surface area (Å²) in [6, 6.07) is 18.9. The Morgan fingerprint density at radius 2 is 1.70 bits per heavy atom. The van der Waals surface area contributed by atoms with Crippen LogP contribution in [0, 0.1) is 5.82 Å². The van der Waals surface area contributed by atoms with E-state index in [1.807, 2.05) is 35.2 Å². The number of hydrogen-bond acceptors (Lipinski definition) is 5. The zero-order valence-corrected chi connectivity index (χ0v) is 22.0. The van der Waals surface area contributed by atoms with Gasteiger partial charge in [0.2, 0.25) is 15.9 Å². The Morgan fingerprint density at radius 3 is 2.35 bits per heavy atom. The zero-order chi connectivity index (χ0) is 26.4. The lowest BCUT2D eigenvalue weighted by atomic mass is 10.1. The number of para-hydroxylation sites is 1. The van der Waals surface area contributed by atoms with Crippen LogP contribution in [0.1, 0.15) is 12.5 Å². The number of benzene rings is 3. The molecule has 7 nitrogen and oxygen atoms in total. The van der Waals surface area contributed by atoms with Gasteiger partial charge in [-0.1, -0.05) is 54.1 Å². The second-order valence-electron chi connectivity index (χ2n) is 8.65. The lowest BCUT2D eigenvalue weighted by molar-refractivity contribution is -0.133. The molecule has 0 saturated carbocycles. The van der Waals surface area contributed by atoms with Crippen LogP contribution in [-0.2, 0) is 21.2 Å². The van der Waals surface area contributed by atoms with Crippen molar-refractivity contribution in [3.05, 3.63) is 89.2 Å². The number of anilines is 1. The molecular formula is C27H29ClFN3O4S. The summed E-state index contributed by atoms with van der Waals surface area (Å²) < 4.78 is 48.8. The maximum absolute atomic E-state index is 14.2. The average molecular weight is 546 g/mol. The standard InChI is InChI=1S/C27H29ClFN3O4S/c1-2-36-26-13-12-21(19-22(26)28)37(34,35)30-24(18-20-8-4-3-5-9-20)27(33)32-16-14-31(15-17-32)25-11-7-6-10-23(25)29/h3-13,19,24,30H,2,14-18H2,1H3/t24-/m0/s1. The second kappa shape index (κ2) is 11.9. The van der Waals surface area contributed by atoms with E-state index in [0.29, 0.717) is 44.2 Å². The highest BCUT2D eigenvalue weighted by atomic mass is 35.5. The van der Waals surface area contributed by atoms with Crippen LogP contribution in [0.3, 0.4) is 0 Å². The van der Waals surface area contributed by atoms with Gasteiger partial charge in [0.25, 0.3) is 0 Å². The molecule has 1 amide bonds. The Bertz CT molecular complexity index is 1330. The summed E-state index contributed by atoms with van der Waals surface area (Å²) in [5, 5.41) is 0.167. The van der Waals surface area contributed by atoms with Gasteiger partial charge < -0.3 is 14.5 Å². The molecule has 1 saturated heterocycles. The molecule has 1 heterocycles. The van der Waals surface area contributed by atoms with Gasteiger partial charge in [-0.2, -0.15) is 4.72 Å². The molecular weight excluding hydrogens is 517 g/mol. The van der Waals surface area contributed by atoms with Gasteiger partial charge in [-0.15, -0.1) is 0 Å². The third kappa shape index (κ3) is 6.60. The van der Waals surface area contributed by atoms with Crippen molar-refractivity contribution in [1.29, 1.82) is 0 Å². The molecule has 4 rings (SSSR count). The number of rotatable bonds is 9. The Kier molecular flexibility index (Phi) is 8.68. The van der Waals surface area contributed by atoms with Gasteiger partial charge in [-0.25, -0.2) is 12.8 Å². The third-order valence-corrected chi connectivity index (χ3v) is 7.94. The number of piperazine rings is 1. The molecule has 3 aromatic carbocycles. The molecule has 1 fully saturated rings. The minimum atomic E-state index is -4.07. The zero-order valence-electron chi connectivity index (χ0n) is 20.4. The summed E-state index contributed by atoms with van der Waals surface area (Å²) in [5.74, 6) is -0.267. The first kappa shape index (κ1) is 26.9. The van der Waals surface area contributed by atoms with E-state index < -0.39 is 16.1 Å². The van der Waals surface area contributed by atoms with Crippen molar-refractivity contribution in [3.8, 4) is 5.75 Å². The van der Waals surface area contributed by atoms with E-state index in [1.165, 1.54) is 24.3 Å². The van der Waals surface area contributed by atoms with E-state index in [2.05, 4.69) is 4.72 Å². The molecule has 0 unspecified atom stereocenters. The molecule has 1 N–H and O–H groups in total. The van der Waals surface area contributed by atoms with Gasteiger partial charge in [0.1, 0.15) is 17.6 Å². The number of ether oxygens (including phenoxy) is 1. The van der Waals surface area contributed by atoms with E-state index in [9.17, 15) is 17.6 Å². The molecule has 0 aromatic heterocycles. The maximum Gasteiger partial charge on any atom is 0.241 e. The number of amides is 1. The van der Waals surface area contributed by atoms with E-state index >= 15 is 0 Å². The number of carbonyl (C=O) groups is 1. The number of carbonyl (C=O) groups excluding carboxylic acids is 1. The van der Waals surface area contributed by atoms with Crippen molar-refractivity contribution in [2.45, 2.75) is 24.3 Å². The molecule has 0 bridgehead atoms. The average Bonchev–Trinajstić information content (AvgIpc) is 2.90. The highest BCUT2D eigenvalue weighted by Gasteiger charge is 2.32. The van der Waals surface area contributed by atoms with Crippen LogP contribution in [0.4, 0.5) is 10.1 Å². The molecule has 196 valence electrons. The molecule has 1 atom stereocenters. The molecule has 3 aromatic rings. The second-order valence-corrected chi connectivity index (χ2v) is 10.8. The summed E-state index contributed by atoms with van der Waals surface area (Å²) in [6.07, 6.45) is 0.178. The van der Waals surface area contributed by atoms with Crippen LogP contribution < -0.4 is 14.4 Å². The predicted molar refractivity (Wildman–Crippen MR) is 142 cm³/mol.